The Kier molecular flexibility index (Phi) is 3.23. The lowest BCUT2D eigenvalue weighted by atomic mass is 10.0. The van der Waals surface area contributed by atoms with E-state index in [0.717, 1.165) is 12.8 Å². The highest BCUT2D eigenvalue weighted by Crippen LogP contribution is 2.47. The third-order valence-corrected chi connectivity index (χ3v) is 2.42. The van der Waals surface area contributed by atoms with Gasteiger partial charge in [-0.3, -0.25) is 0 Å². The lowest BCUT2D eigenvalue weighted by Gasteiger charge is -2.21. The molecular formula is C11H18N2O2. The number of amides is 1. The number of carbonyl (C=O) groups is 1. The van der Waals surface area contributed by atoms with Gasteiger partial charge in [-0.25, -0.2) is 4.79 Å². The molecule has 1 amide bonds. The van der Waals surface area contributed by atoms with E-state index in [9.17, 15) is 4.79 Å². The van der Waals surface area contributed by atoms with Crippen LogP contribution in [0.4, 0.5) is 4.79 Å². The summed E-state index contributed by atoms with van der Waals surface area (Å²) in [5.41, 5.74) is -0.429. The zero-order valence-electron chi connectivity index (χ0n) is 9.59. The molecule has 1 fully saturated rings. The summed E-state index contributed by atoms with van der Waals surface area (Å²) >= 11 is 0. The summed E-state index contributed by atoms with van der Waals surface area (Å²) in [6.45, 7) is 6.04. The second kappa shape index (κ2) is 4.09. The van der Waals surface area contributed by atoms with E-state index in [0.29, 0.717) is 13.0 Å². The SMILES string of the molecule is CC(C)(C)OC(=O)NCC1(CC#N)CC1. The molecule has 0 aliphatic heterocycles. The van der Waals surface area contributed by atoms with E-state index in [1.54, 1.807) is 0 Å². The fourth-order valence-corrected chi connectivity index (χ4v) is 1.33. The van der Waals surface area contributed by atoms with E-state index in [1.165, 1.54) is 0 Å². The highest BCUT2D eigenvalue weighted by molar-refractivity contribution is 5.67. The van der Waals surface area contributed by atoms with Gasteiger partial charge in [-0.15, -0.1) is 0 Å². The Morgan fingerprint density at radius 2 is 2.13 bits per heavy atom. The van der Waals surface area contributed by atoms with Crippen molar-refractivity contribution in [3.05, 3.63) is 0 Å². The first-order chi connectivity index (χ1) is 6.87. The lowest BCUT2D eigenvalue weighted by molar-refractivity contribution is 0.0516. The summed E-state index contributed by atoms with van der Waals surface area (Å²) in [6, 6.07) is 2.15. The molecule has 4 nitrogen and oxygen atoms in total. The highest BCUT2D eigenvalue weighted by atomic mass is 16.6. The molecule has 0 radical (unpaired) electrons. The number of ether oxygens (including phenoxy) is 1. The molecule has 0 bridgehead atoms. The van der Waals surface area contributed by atoms with Crippen LogP contribution in [0.15, 0.2) is 0 Å². The molecule has 1 aliphatic rings. The summed E-state index contributed by atoms with van der Waals surface area (Å²) in [4.78, 5) is 11.3. The average Bonchev–Trinajstić information content (AvgIpc) is 2.80. The maximum Gasteiger partial charge on any atom is 0.407 e. The number of alkyl carbamates (subject to hydrolysis) is 1. The van der Waals surface area contributed by atoms with Crippen LogP contribution in [0.25, 0.3) is 0 Å². The van der Waals surface area contributed by atoms with Crippen LogP contribution in [-0.2, 0) is 4.74 Å². The number of nitriles is 1. The molecule has 84 valence electrons. The minimum atomic E-state index is -0.462. The third kappa shape index (κ3) is 4.20. The Morgan fingerprint density at radius 1 is 1.53 bits per heavy atom. The van der Waals surface area contributed by atoms with Gasteiger partial charge in [0, 0.05) is 18.4 Å². The second-order valence-corrected chi connectivity index (χ2v) is 5.19. The number of rotatable bonds is 3. The summed E-state index contributed by atoms with van der Waals surface area (Å²) in [6.07, 6.45) is 2.17. The number of nitrogens with zero attached hydrogens (tertiary/aromatic N) is 1. The minimum absolute atomic E-state index is 0.0334. The van der Waals surface area contributed by atoms with Gasteiger partial charge in [0.2, 0.25) is 0 Å². The molecule has 1 saturated carbocycles. The summed E-state index contributed by atoms with van der Waals surface area (Å²) < 4.78 is 5.11. The Labute approximate surface area is 90.6 Å². The molecule has 15 heavy (non-hydrogen) atoms. The van der Waals surface area contributed by atoms with Crippen molar-refractivity contribution < 1.29 is 9.53 Å². The largest absolute Gasteiger partial charge is 0.444 e. The first-order valence-electron chi connectivity index (χ1n) is 5.21. The maximum absolute atomic E-state index is 11.3. The van der Waals surface area contributed by atoms with Crippen molar-refractivity contribution in [2.75, 3.05) is 6.54 Å². The molecule has 0 unspecified atom stereocenters. The summed E-state index contributed by atoms with van der Waals surface area (Å²) in [5.74, 6) is 0. The maximum atomic E-state index is 11.3. The van der Waals surface area contributed by atoms with Gasteiger partial charge in [0.1, 0.15) is 5.60 Å². The van der Waals surface area contributed by atoms with Crippen molar-refractivity contribution in [1.29, 1.82) is 5.26 Å². The van der Waals surface area contributed by atoms with Gasteiger partial charge in [-0.1, -0.05) is 0 Å². The molecule has 0 spiro atoms. The van der Waals surface area contributed by atoms with Crippen molar-refractivity contribution >= 4 is 6.09 Å². The smallest absolute Gasteiger partial charge is 0.407 e. The van der Waals surface area contributed by atoms with Crippen LogP contribution in [0.1, 0.15) is 40.0 Å². The molecular weight excluding hydrogens is 192 g/mol. The van der Waals surface area contributed by atoms with Gasteiger partial charge in [-0.2, -0.15) is 5.26 Å². The fraction of sp³-hybridized carbons (Fsp3) is 0.818. The first kappa shape index (κ1) is 11.8. The lowest BCUT2D eigenvalue weighted by Crippen LogP contribution is -2.35. The van der Waals surface area contributed by atoms with Crippen LogP contribution in [0.5, 0.6) is 0 Å². The quantitative estimate of drug-likeness (QED) is 0.776. The molecule has 1 aliphatic carbocycles. The van der Waals surface area contributed by atoms with E-state index >= 15 is 0 Å². The van der Waals surface area contributed by atoms with Gasteiger partial charge < -0.3 is 10.1 Å². The van der Waals surface area contributed by atoms with Crippen LogP contribution < -0.4 is 5.32 Å². The molecule has 1 N–H and O–H groups in total. The average molecular weight is 210 g/mol. The van der Waals surface area contributed by atoms with Crippen LogP contribution in [0, 0.1) is 16.7 Å². The zero-order valence-corrected chi connectivity index (χ0v) is 9.59. The predicted molar refractivity (Wildman–Crippen MR) is 56.1 cm³/mol. The Bertz CT molecular complexity index is 282. The van der Waals surface area contributed by atoms with E-state index in [4.69, 9.17) is 10.00 Å². The molecule has 4 heteroatoms. The Balaban J connectivity index is 2.26. The van der Waals surface area contributed by atoms with Crippen molar-refractivity contribution in [3.8, 4) is 6.07 Å². The van der Waals surface area contributed by atoms with Crippen molar-refractivity contribution in [3.63, 3.8) is 0 Å². The number of hydrogen-bond acceptors (Lipinski definition) is 3. The van der Waals surface area contributed by atoms with E-state index < -0.39 is 11.7 Å². The predicted octanol–water partition coefficient (Wildman–Crippen LogP) is 2.20. The molecule has 0 saturated heterocycles. The standard InChI is InChI=1S/C11H18N2O2/c1-10(2,3)15-9(14)13-8-11(4-5-11)6-7-12/h4-6,8H2,1-3H3,(H,13,14). The monoisotopic (exact) mass is 210 g/mol. The van der Waals surface area contributed by atoms with Crippen molar-refractivity contribution in [2.45, 2.75) is 45.6 Å². The molecule has 0 aromatic carbocycles. The van der Waals surface area contributed by atoms with Gasteiger partial charge in [0.05, 0.1) is 6.07 Å². The minimum Gasteiger partial charge on any atom is -0.444 e. The van der Waals surface area contributed by atoms with Crippen LogP contribution in [0.3, 0.4) is 0 Å². The van der Waals surface area contributed by atoms with Crippen LogP contribution >= 0.6 is 0 Å². The van der Waals surface area contributed by atoms with Gasteiger partial charge in [-0.05, 0) is 33.6 Å². The topological polar surface area (TPSA) is 62.1 Å². The van der Waals surface area contributed by atoms with Gasteiger partial charge >= 0.3 is 6.09 Å². The van der Waals surface area contributed by atoms with Crippen LogP contribution in [-0.4, -0.2) is 18.2 Å². The molecule has 0 aromatic rings. The Morgan fingerprint density at radius 3 is 2.53 bits per heavy atom. The number of carbonyl (C=O) groups excluding carboxylic acids is 1. The molecule has 1 rings (SSSR count). The van der Waals surface area contributed by atoms with Crippen LogP contribution in [0.2, 0.25) is 0 Å². The molecule has 0 heterocycles. The number of hydrogen-bond donors (Lipinski definition) is 1. The number of nitrogens with one attached hydrogen (secondary N) is 1. The fourth-order valence-electron chi connectivity index (χ4n) is 1.33. The summed E-state index contributed by atoms with van der Waals surface area (Å²) in [5, 5.41) is 11.3. The molecule has 0 atom stereocenters. The molecule has 0 aromatic heterocycles. The van der Waals surface area contributed by atoms with E-state index in [-0.39, 0.29) is 5.41 Å². The van der Waals surface area contributed by atoms with E-state index in [1.807, 2.05) is 20.8 Å². The second-order valence-electron chi connectivity index (χ2n) is 5.19. The first-order valence-corrected chi connectivity index (χ1v) is 5.21. The van der Waals surface area contributed by atoms with E-state index in [2.05, 4.69) is 11.4 Å². The zero-order chi connectivity index (χ0) is 11.5. The van der Waals surface area contributed by atoms with Crippen molar-refractivity contribution in [2.24, 2.45) is 5.41 Å². The van der Waals surface area contributed by atoms with Gasteiger partial charge in [0.25, 0.3) is 0 Å². The normalized spacial score (nSPS) is 17.7. The van der Waals surface area contributed by atoms with Gasteiger partial charge in [0.15, 0.2) is 0 Å². The highest BCUT2D eigenvalue weighted by Gasteiger charge is 2.42. The van der Waals surface area contributed by atoms with Crippen molar-refractivity contribution in [1.82, 2.24) is 5.32 Å². The summed E-state index contributed by atoms with van der Waals surface area (Å²) in [7, 11) is 0. The third-order valence-electron chi connectivity index (χ3n) is 2.42. The Hall–Kier alpha value is -1.24.